The van der Waals surface area contributed by atoms with E-state index in [0.717, 1.165) is 13.0 Å². The van der Waals surface area contributed by atoms with Crippen LogP contribution in [-0.4, -0.2) is 56.9 Å². The van der Waals surface area contributed by atoms with Crippen molar-refractivity contribution in [3.05, 3.63) is 44.3 Å². The molecule has 0 bridgehead atoms. The topological polar surface area (TPSA) is 58.9 Å². The molecule has 140 valence electrons. The Balaban J connectivity index is 1.52. The Bertz CT molecular complexity index is 889. The molecule has 0 radical (unpaired) electrons. The highest BCUT2D eigenvalue weighted by molar-refractivity contribution is 7.91. The van der Waals surface area contributed by atoms with E-state index in [1.165, 1.54) is 20.2 Å². The van der Waals surface area contributed by atoms with Gasteiger partial charge in [0, 0.05) is 30.0 Å². The molecular weight excluding hydrogens is 388 g/mol. The van der Waals surface area contributed by atoms with Gasteiger partial charge in [-0.05, 0) is 29.3 Å². The molecule has 0 spiro atoms. The molecule has 1 saturated heterocycles. The number of fused-ring (bicyclic) bond motifs is 1. The number of carbonyl (C=O) groups excluding carboxylic acids is 1. The molecule has 3 atom stereocenters. The number of rotatable bonds is 4. The van der Waals surface area contributed by atoms with E-state index in [1.807, 2.05) is 0 Å². The molecule has 5 nitrogen and oxygen atoms in total. The number of nitrogens with one attached hydrogen (secondary N) is 1. The number of quaternary nitrogens is 1. The molecule has 4 rings (SSSR count). The number of nitrogens with zero attached hydrogens (tertiary/aromatic N) is 1. The van der Waals surface area contributed by atoms with Crippen molar-refractivity contribution >= 4 is 38.4 Å². The molecule has 1 amide bonds. The number of likely N-dealkylation sites (N-methyl/N-ethyl adjacent to an activating group) is 1. The monoisotopic (exact) mass is 411 g/mol. The van der Waals surface area contributed by atoms with Gasteiger partial charge in [0.2, 0.25) is 0 Å². The fraction of sp³-hybridized carbons (Fsp3) is 0.500. The zero-order valence-corrected chi connectivity index (χ0v) is 17.1. The first kappa shape index (κ1) is 18.2. The minimum absolute atomic E-state index is 0.0438. The maximum atomic E-state index is 12.9. The molecule has 2 aliphatic rings. The molecule has 26 heavy (non-hydrogen) atoms. The van der Waals surface area contributed by atoms with Crippen LogP contribution < -0.4 is 4.90 Å². The van der Waals surface area contributed by atoms with Gasteiger partial charge in [-0.2, -0.15) is 0 Å². The third-order valence-electron chi connectivity index (χ3n) is 5.53. The summed E-state index contributed by atoms with van der Waals surface area (Å²) in [4.78, 5) is 18.5. The molecule has 4 heterocycles. The minimum atomic E-state index is -2.98. The van der Waals surface area contributed by atoms with Gasteiger partial charge in [0.15, 0.2) is 16.4 Å². The fourth-order valence-corrected chi connectivity index (χ4v) is 7.65. The van der Waals surface area contributed by atoms with Gasteiger partial charge in [-0.25, -0.2) is 8.42 Å². The molecule has 0 aromatic carbocycles. The van der Waals surface area contributed by atoms with Crippen molar-refractivity contribution in [3.63, 3.8) is 0 Å². The van der Waals surface area contributed by atoms with Crippen LogP contribution in [0.25, 0.3) is 0 Å². The molecule has 2 aromatic heterocycles. The number of thiophene rings is 2. The molecular formula is C18H23N2O3S3+. The molecule has 0 saturated carbocycles. The van der Waals surface area contributed by atoms with Crippen LogP contribution in [-0.2, 0) is 21.1 Å². The lowest BCUT2D eigenvalue weighted by Crippen LogP contribution is -3.14. The highest BCUT2D eigenvalue weighted by atomic mass is 32.2. The van der Waals surface area contributed by atoms with Crippen molar-refractivity contribution in [1.82, 2.24) is 4.90 Å². The lowest BCUT2D eigenvalue weighted by molar-refractivity contribution is -0.919. The Kier molecular flexibility index (Phi) is 4.94. The van der Waals surface area contributed by atoms with Gasteiger partial charge >= 0.3 is 0 Å². The van der Waals surface area contributed by atoms with Crippen molar-refractivity contribution in [2.45, 2.75) is 24.9 Å². The molecule has 1 unspecified atom stereocenters. The van der Waals surface area contributed by atoms with E-state index >= 15 is 0 Å². The largest absolute Gasteiger partial charge is 0.337 e. The Labute approximate surface area is 162 Å². The van der Waals surface area contributed by atoms with E-state index in [1.54, 1.807) is 34.6 Å². The van der Waals surface area contributed by atoms with E-state index in [4.69, 9.17) is 0 Å². The summed E-state index contributed by atoms with van der Waals surface area (Å²) in [6.07, 6.45) is 1.56. The molecule has 1 fully saturated rings. The second-order valence-corrected chi connectivity index (χ2v) is 11.4. The average Bonchev–Trinajstić information content (AvgIpc) is 3.33. The second-order valence-electron chi connectivity index (χ2n) is 7.14. The van der Waals surface area contributed by atoms with Crippen molar-refractivity contribution in [2.75, 3.05) is 31.6 Å². The molecule has 0 aliphatic carbocycles. The standard InChI is InChI=1S/C18H22N2O3S3/c1-19(13-6-10-26(22,23)12-13)17(21)11-20-7-4-15-14(5-9-25-15)18(20)16-3-2-8-24-16/h2-3,5,8-9,13,18H,4,6-7,10-12H2,1H3/p+1/t13-,18+/m0/s1. The van der Waals surface area contributed by atoms with Gasteiger partial charge < -0.3 is 9.80 Å². The summed E-state index contributed by atoms with van der Waals surface area (Å²) in [7, 11) is -1.23. The fourth-order valence-electron chi connectivity index (χ4n) is 4.05. The Morgan fingerprint density at radius 1 is 1.31 bits per heavy atom. The maximum Gasteiger partial charge on any atom is 0.277 e. The number of hydrogen-bond donors (Lipinski definition) is 1. The minimum Gasteiger partial charge on any atom is -0.337 e. The van der Waals surface area contributed by atoms with Gasteiger partial charge in [0.1, 0.15) is 6.04 Å². The Morgan fingerprint density at radius 2 is 2.15 bits per heavy atom. The van der Waals surface area contributed by atoms with E-state index < -0.39 is 9.84 Å². The first-order valence-corrected chi connectivity index (χ1v) is 12.4. The third kappa shape index (κ3) is 3.47. The van der Waals surface area contributed by atoms with Crippen LogP contribution in [0.15, 0.2) is 29.0 Å². The van der Waals surface area contributed by atoms with Gasteiger partial charge in [-0.15, -0.1) is 22.7 Å². The number of amides is 1. The molecule has 2 aliphatic heterocycles. The zero-order chi connectivity index (χ0) is 18.3. The lowest BCUT2D eigenvalue weighted by Gasteiger charge is -2.33. The number of sulfone groups is 1. The lowest BCUT2D eigenvalue weighted by atomic mass is 9.98. The summed E-state index contributed by atoms with van der Waals surface area (Å²) in [6.45, 7) is 1.34. The Hall–Kier alpha value is -1.22. The summed E-state index contributed by atoms with van der Waals surface area (Å²) >= 11 is 3.54. The van der Waals surface area contributed by atoms with E-state index in [9.17, 15) is 13.2 Å². The van der Waals surface area contributed by atoms with Crippen molar-refractivity contribution < 1.29 is 18.1 Å². The number of hydrogen-bond acceptors (Lipinski definition) is 5. The number of carbonyl (C=O) groups is 1. The zero-order valence-electron chi connectivity index (χ0n) is 14.7. The van der Waals surface area contributed by atoms with Crippen LogP contribution in [0, 0.1) is 0 Å². The van der Waals surface area contributed by atoms with Gasteiger partial charge in [-0.3, -0.25) is 4.79 Å². The predicted molar refractivity (Wildman–Crippen MR) is 105 cm³/mol. The third-order valence-corrected chi connectivity index (χ3v) is 9.21. The average molecular weight is 412 g/mol. The summed E-state index contributed by atoms with van der Waals surface area (Å²) in [5.41, 5.74) is 1.34. The summed E-state index contributed by atoms with van der Waals surface area (Å²) < 4.78 is 23.5. The van der Waals surface area contributed by atoms with E-state index in [-0.39, 0.29) is 29.5 Å². The molecule has 8 heteroatoms. The van der Waals surface area contributed by atoms with Crippen LogP contribution in [0.1, 0.15) is 27.8 Å². The van der Waals surface area contributed by atoms with Crippen molar-refractivity contribution in [3.8, 4) is 0 Å². The SMILES string of the molecule is CN(C(=O)C[NH+]1CCc2sccc2[C@@H]1c1cccs1)[C@H]1CCS(=O)(=O)C1. The van der Waals surface area contributed by atoms with Crippen molar-refractivity contribution in [2.24, 2.45) is 0 Å². The smallest absolute Gasteiger partial charge is 0.277 e. The molecule has 2 aromatic rings. The van der Waals surface area contributed by atoms with Gasteiger partial charge in [-0.1, -0.05) is 6.07 Å². The van der Waals surface area contributed by atoms with Crippen LogP contribution in [0.4, 0.5) is 0 Å². The van der Waals surface area contributed by atoms with Crippen LogP contribution in [0.5, 0.6) is 0 Å². The first-order valence-electron chi connectivity index (χ1n) is 8.85. The normalized spacial score (nSPS) is 27.2. The van der Waals surface area contributed by atoms with E-state index in [0.29, 0.717) is 13.0 Å². The van der Waals surface area contributed by atoms with Crippen LogP contribution >= 0.6 is 22.7 Å². The Morgan fingerprint density at radius 3 is 2.85 bits per heavy atom. The van der Waals surface area contributed by atoms with Gasteiger partial charge in [0.05, 0.1) is 22.9 Å². The highest BCUT2D eigenvalue weighted by Crippen LogP contribution is 2.31. The summed E-state index contributed by atoms with van der Waals surface area (Å²) in [5.74, 6) is 0.345. The highest BCUT2D eigenvalue weighted by Gasteiger charge is 2.38. The second kappa shape index (κ2) is 7.07. The van der Waals surface area contributed by atoms with Crippen LogP contribution in [0.3, 0.4) is 0 Å². The summed E-state index contributed by atoms with van der Waals surface area (Å²) in [6, 6.07) is 6.44. The molecule has 1 N–H and O–H groups in total. The van der Waals surface area contributed by atoms with Gasteiger partial charge in [0.25, 0.3) is 5.91 Å². The summed E-state index contributed by atoms with van der Waals surface area (Å²) in [5, 5.41) is 4.23. The first-order chi connectivity index (χ1) is 12.4. The van der Waals surface area contributed by atoms with Crippen LogP contribution in [0.2, 0.25) is 0 Å². The quantitative estimate of drug-likeness (QED) is 0.816. The van der Waals surface area contributed by atoms with Crippen molar-refractivity contribution in [1.29, 1.82) is 0 Å². The van der Waals surface area contributed by atoms with E-state index in [2.05, 4.69) is 29.0 Å². The predicted octanol–water partition coefficient (Wildman–Crippen LogP) is 0.986. The maximum absolute atomic E-state index is 12.9.